The van der Waals surface area contributed by atoms with Gasteiger partial charge in [-0.2, -0.15) is 5.10 Å². The van der Waals surface area contributed by atoms with E-state index in [9.17, 15) is 4.79 Å². The number of amides is 1. The van der Waals surface area contributed by atoms with Gasteiger partial charge in [-0.05, 0) is 50.1 Å². The van der Waals surface area contributed by atoms with E-state index in [0.29, 0.717) is 6.54 Å². The van der Waals surface area contributed by atoms with E-state index in [-0.39, 0.29) is 5.91 Å². The van der Waals surface area contributed by atoms with E-state index in [1.807, 2.05) is 62.8 Å². The molecule has 3 rings (SSSR count). The molecule has 5 nitrogen and oxygen atoms in total. The zero-order valence-electron chi connectivity index (χ0n) is 15.0. The van der Waals surface area contributed by atoms with E-state index >= 15 is 0 Å². The minimum absolute atomic E-state index is 0.0638. The molecule has 0 radical (unpaired) electrons. The Morgan fingerprint density at radius 2 is 1.72 bits per heavy atom. The van der Waals surface area contributed by atoms with Crippen molar-refractivity contribution < 1.29 is 4.79 Å². The van der Waals surface area contributed by atoms with E-state index in [0.717, 1.165) is 33.6 Å². The zero-order valence-corrected chi connectivity index (χ0v) is 15.0. The van der Waals surface area contributed by atoms with E-state index < -0.39 is 0 Å². The summed E-state index contributed by atoms with van der Waals surface area (Å²) in [4.78, 5) is 16.6. The van der Waals surface area contributed by atoms with Gasteiger partial charge in [-0.1, -0.05) is 17.7 Å². The van der Waals surface area contributed by atoms with Crippen LogP contribution in [0.3, 0.4) is 0 Å². The number of hydrogen-bond donors (Lipinski definition) is 1. The number of aryl methyl sites for hydroxylation is 4. The van der Waals surface area contributed by atoms with Gasteiger partial charge in [0.2, 0.25) is 0 Å². The van der Waals surface area contributed by atoms with Crippen molar-refractivity contribution in [2.24, 2.45) is 7.05 Å². The molecule has 1 amide bonds. The highest BCUT2D eigenvalue weighted by Crippen LogP contribution is 2.19. The van der Waals surface area contributed by atoms with Gasteiger partial charge >= 0.3 is 0 Å². The maximum absolute atomic E-state index is 12.6. The Labute approximate surface area is 147 Å². The van der Waals surface area contributed by atoms with E-state index in [2.05, 4.69) is 15.4 Å². The van der Waals surface area contributed by atoms with Gasteiger partial charge in [-0.25, -0.2) is 0 Å². The van der Waals surface area contributed by atoms with Crippen LogP contribution >= 0.6 is 0 Å². The first-order chi connectivity index (χ1) is 12.0. The SMILES string of the molecule is Cc1cc(C)c(C(=O)NCc2cc(-c3ccncc3)n(C)n2)c(C)c1. The number of benzene rings is 1. The lowest BCUT2D eigenvalue weighted by atomic mass is 9.99. The second kappa shape index (κ2) is 6.89. The molecule has 2 heterocycles. The number of carbonyl (C=O) groups excluding carboxylic acids is 1. The number of nitrogens with one attached hydrogen (secondary N) is 1. The summed E-state index contributed by atoms with van der Waals surface area (Å²) in [5.41, 5.74) is 6.77. The molecule has 5 heteroatoms. The summed E-state index contributed by atoms with van der Waals surface area (Å²) in [5.74, 6) is -0.0638. The summed E-state index contributed by atoms with van der Waals surface area (Å²) in [6, 6.07) is 9.94. The largest absolute Gasteiger partial charge is 0.346 e. The fraction of sp³-hybridized carbons (Fsp3) is 0.250. The third-order valence-electron chi connectivity index (χ3n) is 4.24. The topological polar surface area (TPSA) is 59.8 Å². The van der Waals surface area contributed by atoms with Crippen LogP contribution in [0.2, 0.25) is 0 Å². The smallest absolute Gasteiger partial charge is 0.252 e. The number of rotatable bonds is 4. The summed E-state index contributed by atoms with van der Waals surface area (Å²) >= 11 is 0. The van der Waals surface area contributed by atoms with Crippen molar-refractivity contribution in [1.82, 2.24) is 20.1 Å². The summed E-state index contributed by atoms with van der Waals surface area (Å²) in [5, 5.41) is 7.47. The molecule has 0 fully saturated rings. The van der Waals surface area contributed by atoms with Crippen LogP contribution in [0, 0.1) is 20.8 Å². The Hall–Kier alpha value is -2.95. The normalized spacial score (nSPS) is 10.7. The summed E-state index contributed by atoms with van der Waals surface area (Å²) in [7, 11) is 1.90. The maximum atomic E-state index is 12.6. The van der Waals surface area contributed by atoms with Gasteiger partial charge in [0.05, 0.1) is 17.9 Å². The fourth-order valence-corrected chi connectivity index (χ4v) is 3.20. The average molecular weight is 334 g/mol. The van der Waals surface area contributed by atoms with Crippen LogP contribution in [0.4, 0.5) is 0 Å². The molecule has 1 aromatic carbocycles. The Bertz CT molecular complexity index is 890. The predicted molar refractivity (Wildman–Crippen MR) is 98.3 cm³/mol. The quantitative estimate of drug-likeness (QED) is 0.796. The van der Waals surface area contributed by atoms with Crippen molar-refractivity contribution in [3.05, 3.63) is 70.7 Å². The highest BCUT2D eigenvalue weighted by Gasteiger charge is 2.14. The van der Waals surface area contributed by atoms with Crippen molar-refractivity contribution in [1.29, 1.82) is 0 Å². The molecular weight excluding hydrogens is 312 g/mol. The van der Waals surface area contributed by atoms with Crippen LogP contribution < -0.4 is 5.32 Å². The first kappa shape index (κ1) is 16.9. The lowest BCUT2D eigenvalue weighted by Gasteiger charge is -2.11. The Kier molecular flexibility index (Phi) is 4.65. The van der Waals surface area contributed by atoms with Crippen LogP contribution in [-0.2, 0) is 13.6 Å². The summed E-state index contributed by atoms with van der Waals surface area (Å²) < 4.78 is 1.82. The first-order valence-corrected chi connectivity index (χ1v) is 8.25. The lowest BCUT2D eigenvalue weighted by Crippen LogP contribution is -2.25. The zero-order chi connectivity index (χ0) is 18.0. The Balaban J connectivity index is 1.76. The Morgan fingerprint density at radius 3 is 2.36 bits per heavy atom. The average Bonchev–Trinajstić information content (AvgIpc) is 2.94. The number of hydrogen-bond acceptors (Lipinski definition) is 3. The van der Waals surface area contributed by atoms with Gasteiger partial charge < -0.3 is 5.32 Å². The highest BCUT2D eigenvalue weighted by atomic mass is 16.1. The van der Waals surface area contributed by atoms with Crippen molar-refractivity contribution >= 4 is 5.91 Å². The number of nitrogens with zero attached hydrogens (tertiary/aromatic N) is 3. The van der Waals surface area contributed by atoms with Crippen molar-refractivity contribution in [3.63, 3.8) is 0 Å². The van der Waals surface area contributed by atoms with Gasteiger partial charge in [0.15, 0.2) is 0 Å². The highest BCUT2D eigenvalue weighted by molar-refractivity contribution is 5.97. The second-order valence-corrected chi connectivity index (χ2v) is 6.34. The standard InChI is InChI=1S/C20H22N4O/c1-13-9-14(2)19(15(3)10-13)20(25)22-12-17-11-18(24(4)23-17)16-5-7-21-8-6-16/h5-11H,12H2,1-4H3,(H,22,25). The van der Waals surface area contributed by atoms with Gasteiger partial charge in [0.1, 0.15) is 0 Å². The van der Waals surface area contributed by atoms with Crippen molar-refractivity contribution in [2.45, 2.75) is 27.3 Å². The minimum atomic E-state index is -0.0638. The molecule has 25 heavy (non-hydrogen) atoms. The van der Waals surface area contributed by atoms with Crippen LogP contribution in [0.15, 0.2) is 42.7 Å². The number of aromatic nitrogens is 3. The molecule has 0 saturated carbocycles. The van der Waals surface area contributed by atoms with E-state index in [1.165, 1.54) is 5.56 Å². The van der Waals surface area contributed by atoms with Crippen LogP contribution in [0.25, 0.3) is 11.3 Å². The molecule has 2 aromatic heterocycles. The third-order valence-corrected chi connectivity index (χ3v) is 4.24. The van der Waals surface area contributed by atoms with Crippen LogP contribution in [-0.4, -0.2) is 20.7 Å². The maximum Gasteiger partial charge on any atom is 0.252 e. The summed E-state index contributed by atoms with van der Waals surface area (Å²) in [6.45, 7) is 6.37. The van der Waals surface area contributed by atoms with Gasteiger partial charge in [0, 0.05) is 30.6 Å². The molecule has 0 aliphatic heterocycles. The van der Waals surface area contributed by atoms with E-state index in [4.69, 9.17) is 0 Å². The van der Waals surface area contributed by atoms with Crippen molar-refractivity contribution in [3.8, 4) is 11.3 Å². The predicted octanol–water partition coefficient (Wildman–Crippen LogP) is 3.34. The monoisotopic (exact) mass is 334 g/mol. The Morgan fingerprint density at radius 1 is 1.08 bits per heavy atom. The number of carbonyl (C=O) groups is 1. The molecule has 0 bridgehead atoms. The third kappa shape index (κ3) is 3.60. The van der Waals surface area contributed by atoms with Crippen LogP contribution in [0.1, 0.15) is 32.7 Å². The van der Waals surface area contributed by atoms with Crippen LogP contribution in [0.5, 0.6) is 0 Å². The summed E-state index contributed by atoms with van der Waals surface area (Å²) in [6.07, 6.45) is 3.51. The van der Waals surface area contributed by atoms with Gasteiger partial charge in [0.25, 0.3) is 5.91 Å². The fourth-order valence-electron chi connectivity index (χ4n) is 3.20. The van der Waals surface area contributed by atoms with Crippen molar-refractivity contribution in [2.75, 3.05) is 0 Å². The number of pyridine rings is 1. The molecule has 128 valence electrons. The molecule has 0 aliphatic rings. The molecule has 0 saturated heterocycles. The molecular formula is C20H22N4O. The molecule has 0 aliphatic carbocycles. The minimum Gasteiger partial charge on any atom is -0.346 e. The molecule has 3 aromatic rings. The molecule has 0 unspecified atom stereocenters. The first-order valence-electron chi connectivity index (χ1n) is 8.25. The molecule has 0 spiro atoms. The molecule has 1 N–H and O–H groups in total. The molecule has 0 atom stereocenters. The van der Waals surface area contributed by atoms with Gasteiger partial charge in [-0.15, -0.1) is 0 Å². The van der Waals surface area contributed by atoms with Gasteiger partial charge in [-0.3, -0.25) is 14.5 Å². The second-order valence-electron chi connectivity index (χ2n) is 6.34. The van der Waals surface area contributed by atoms with E-state index in [1.54, 1.807) is 12.4 Å². The lowest BCUT2D eigenvalue weighted by molar-refractivity contribution is 0.0949.